The zero-order valence-electron chi connectivity index (χ0n) is 17.6. The molecule has 0 aliphatic heterocycles. The lowest BCUT2D eigenvalue weighted by Crippen LogP contribution is -2.30. The molecule has 170 valence electrons. The summed E-state index contributed by atoms with van der Waals surface area (Å²) >= 11 is 0. The van der Waals surface area contributed by atoms with Crippen LogP contribution in [0.4, 0.5) is 19.4 Å². The molecule has 0 saturated heterocycles. The summed E-state index contributed by atoms with van der Waals surface area (Å²) in [6.45, 7) is -2.40. The van der Waals surface area contributed by atoms with Crippen LogP contribution in [0.5, 0.6) is 11.5 Å². The number of aromatic amines is 1. The average Bonchev–Trinajstić information content (AvgIpc) is 3.21. The highest BCUT2D eigenvalue weighted by atomic mass is 19.3. The first kappa shape index (κ1) is 22.1. The molecule has 3 aromatic carbocycles. The van der Waals surface area contributed by atoms with Gasteiger partial charge in [-0.2, -0.15) is 13.9 Å². The molecule has 0 atom stereocenters. The van der Waals surface area contributed by atoms with Crippen molar-refractivity contribution in [1.29, 1.82) is 0 Å². The second-order valence-corrected chi connectivity index (χ2v) is 7.17. The highest BCUT2D eigenvalue weighted by Gasteiger charge is 2.12. The maximum absolute atomic E-state index is 12.6. The largest absolute Gasteiger partial charge is 0.489 e. The summed E-state index contributed by atoms with van der Waals surface area (Å²) in [5.74, 6) is 0.906. The van der Waals surface area contributed by atoms with Crippen LogP contribution in [0.2, 0.25) is 0 Å². The SMILES string of the molecule is O=C(NCCc1ccccc1)Nc1n[nH]c2ccc(OCc3ccccc3OC(F)F)cc12. The number of fused-ring (bicyclic) bond motifs is 1. The standard InChI is InChI=1S/C24H22F2N4O3/c25-23(26)33-21-9-5-4-8-17(21)15-32-18-10-11-20-19(14-18)22(30-29-20)28-24(31)27-13-12-16-6-2-1-3-7-16/h1-11,14,23H,12-13,15H2,(H3,27,28,29,30,31). The monoisotopic (exact) mass is 452 g/mol. The van der Waals surface area contributed by atoms with Gasteiger partial charge in [-0.15, -0.1) is 0 Å². The lowest BCUT2D eigenvalue weighted by atomic mass is 10.1. The van der Waals surface area contributed by atoms with Crippen molar-refractivity contribution in [2.45, 2.75) is 19.6 Å². The van der Waals surface area contributed by atoms with Crippen molar-refractivity contribution in [3.05, 3.63) is 83.9 Å². The third-order valence-electron chi connectivity index (χ3n) is 4.89. The number of aromatic nitrogens is 2. The number of halogens is 2. The Hall–Kier alpha value is -4.14. The van der Waals surface area contributed by atoms with Gasteiger partial charge < -0.3 is 14.8 Å². The fraction of sp³-hybridized carbons (Fsp3) is 0.167. The molecule has 0 saturated carbocycles. The number of benzene rings is 3. The smallest absolute Gasteiger partial charge is 0.387 e. The van der Waals surface area contributed by atoms with E-state index in [2.05, 4.69) is 25.6 Å². The van der Waals surface area contributed by atoms with Crippen molar-refractivity contribution in [3.63, 3.8) is 0 Å². The van der Waals surface area contributed by atoms with Gasteiger partial charge in [-0.25, -0.2) is 4.79 Å². The molecule has 1 heterocycles. The van der Waals surface area contributed by atoms with Crippen LogP contribution < -0.4 is 20.1 Å². The molecule has 0 radical (unpaired) electrons. The summed E-state index contributed by atoms with van der Waals surface area (Å²) in [6.07, 6.45) is 0.713. The molecule has 9 heteroatoms. The number of anilines is 1. The number of H-pyrrole nitrogens is 1. The van der Waals surface area contributed by atoms with E-state index in [-0.39, 0.29) is 18.4 Å². The van der Waals surface area contributed by atoms with Crippen LogP contribution >= 0.6 is 0 Å². The molecule has 0 fully saturated rings. The van der Waals surface area contributed by atoms with Crippen LogP contribution in [-0.4, -0.2) is 29.4 Å². The second-order valence-electron chi connectivity index (χ2n) is 7.17. The summed E-state index contributed by atoms with van der Waals surface area (Å²) in [5.41, 5.74) is 2.33. The van der Waals surface area contributed by atoms with E-state index in [1.165, 1.54) is 6.07 Å². The van der Waals surface area contributed by atoms with E-state index in [0.29, 0.717) is 41.0 Å². The van der Waals surface area contributed by atoms with Gasteiger partial charge in [-0.3, -0.25) is 10.4 Å². The number of rotatable bonds is 9. The fourth-order valence-corrected chi connectivity index (χ4v) is 3.29. The Labute approximate surface area is 188 Å². The Morgan fingerprint density at radius 3 is 2.64 bits per heavy atom. The first-order valence-electron chi connectivity index (χ1n) is 10.3. The van der Waals surface area contributed by atoms with E-state index >= 15 is 0 Å². The second kappa shape index (κ2) is 10.4. The third-order valence-corrected chi connectivity index (χ3v) is 4.89. The molecule has 1 aromatic heterocycles. The van der Waals surface area contributed by atoms with Crippen molar-refractivity contribution in [2.24, 2.45) is 0 Å². The number of amides is 2. The number of para-hydroxylation sites is 1. The predicted octanol–water partition coefficient (Wildman–Crippen LogP) is 5.11. The molecule has 7 nitrogen and oxygen atoms in total. The van der Waals surface area contributed by atoms with Gasteiger partial charge in [-0.05, 0) is 36.2 Å². The van der Waals surface area contributed by atoms with E-state index in [1.807, 2.05) is 30.3 Å². The van der Waals surface area contributed by atoms with Gasteiger partial charge in [0.05, 0.1) is 5.52 Å². The van der Waals surface area contributed by atoms with Gasteiger partial charge >= 0.3 is 12.6 Å². The fourth-order valence-electron chi connectivity index (χ4n) is 3.29. The van der Waals surface area contributed by atoms with Gasteiger partial charge in [0, 0.05) is 17.5 Å². The molecule has 0 unspecified atom stereocenters. The van der Waals surface area contributed by atoms with E-state index < -0.39 is 6.61 Å². The highest BCUT2D eigenvalue weighted by Crippen LogP contribution is 2.27. The maximum Gasteiger partial charge on any atom is 0.387 e. The molecule has 2 amide bonds. The molecular formula is C24H22F2N4O3. The zero-order valence-corrected chi connectivity index (χ0v) is 17.6. The minimum Gasteiger partial charge on any atom is -0.489 e. The molecule has 4 rings (SSSR count). The summed E-state index contributed by atoms with van der Waals surface area (Å²) in [4.78, 5) is 12.3. The Balaban J connectivity index is 1.38. The Morgan fingerprint density at radius 2 is 1.82 bits per heavy atom. The molecule has 0 aliphatic rings. The summed E-state index contributed by atoms with van der Waals surface area (Å²) in [5, 5.41) is 13.2. The first-order valence-corrected chi connectivity index (χ1v) is 10.3. The molecular weight excluding hydrogens is 430 g/mol. The van der Waals surface area contributed by atoms with Crippen LogP contribution in [-0.2, 0) is 13.0 Å². The Bertz CT molecular complexity index is 1210. The van der Waals surface area contributed by atoms with E-state index in [1.54, 1.807) is 36.4 Å². The van der Waals surface area contributed by atoms with Gasteiger partial charge in [0.2, 0.25) is 0 Å². The lowest BCUT2D eigenvalue weighted by molar-refractivity contribution is -0.0508. The van der Waals surface area contributed by atoms with Crippen molar-refractivity contribution >= 4 is 22.8 Å². The summed E-state index contributed by atoms with van der Waals surface area (Å²) in [6, 6.07) is 21.1. The van der Waals surface area contributed by atoms with E-state index in [4.69, 9.17) is 4.74 Å². The average molecular weight is 452 g/mol. The number of nitrogens with zero attached hydrogens (tertiary/aromatic N) is 1. The predicted molar refractivity (Wildman–Crippen MR) is 121 cm³/mol. The number of nitrogens with one attached hydrogen (secondary N) is 3. The molecule has 3 N–H and O–H groups in total. The minimum absolute atomic E-state index is 0.0367. The Kier molecular flexibility index (Phi) is 6.99. The van der Waals surface area contributed by atoms with Crippen molar-refractivity contribution < 1.29 is 23.0 Å². The first-order chi connectivity index (χ1) is 16.1. The van der Waals surface area contributed by atoms with Gasteiger partial charge in [0.25, 0.3) is 0 Å². The lowest BCUT2D eigenvalue weighted by Gasteiger charge is -2.12. The molecule has 0 spiro atoms. The number of hydrogen-bond acceptors (Lipinski definition) is 4. The van der Waals surface area contributed by atoms with Crippen molar-refractivity contribution in [1.82, 2.24) is 15.5 Å². The normalized spacial score (nSPS) is 10.9. The van der Waals surface area contributed by atoms with Gasteiger partial charge in [0.15, 0.2) is 5.82 Å². The van der Waals surface area contributed by atoms with Crippen molar-refractivity contribution in [3.8, 4) is 11.5 Å². The van der Waals surface area contributed by atoms with Crippen LogP contribution in [0.1, 0.15) is 11.1 Å². The van der Waals surface area contributed by atoms with Gasteiger partial charge in [0.1, 0.15) is 18.1 Å². The van der Waals surface area contributed by atoms with Crippen LogP contribution in [0.15, 0.2) is 72.8 Å². The Morgan fingerprint density at radius 1 is 1.03 bits per heavy atom. The number of carbonyl (C=O) groups is 1. The number of hydrogen-bond donors (Lipinski definition) is 3. The quantitative estimate of drug-likeness (QED) is 0.329. The van der Waals surface area contributed by atoms with Crippen LogP contribution in [0.3, 0.4) is 0 Å². The molecule has 0 aliphatic carbocycles. The number of ether oxygens (including phenoxy) is 2. The molecule has 33 heavy (non-hydrogen) atoms. The summed E-state index contributed by atoms with van der Waals surface area (Å²) < 4.78 is 35.5. The number of urea groups is 1. The number of alkyl halides is 2. The number of carbonyl (C=O) groups excluding carboxylic acids is 1. The third kappa shape index (κ3) is 5.97. The zero-order chi connectivity index (χ0) is 23.0. The van der Waals surface area contributed by atoms with Crippen LogP contribution in [0.25, 0.3) is 10.9 Å². The maximum atomic E-state index is 12.6. The van der Waals surface area contributed by atoms with Gasteiger partial charge in [-0.1, -0.05) is 48.5 Å². The van der Waals surface area contributed by atoms with Crippen molar-refractivity contribution in [2.75, 3.05) is 11.9 Å². The highest BCUT2D eigenvalue weighted by molar-refractivity contribution is 5.99. The summed E-state index contributed by atoms with van der Waals surface area (Å²) in [7, 11) is 0. The minimum atomic E-state index is -2.92. The van der Waals surface area contributed by atoms with E-state index in [9.17, 15) is 13.6 Å². The van der Waals surface area contributed by atoms with E-state index in [0.717, 1.165) is 5.56 Å². The molecule has 4 aromatic rings. The molecule has 0 bridgehead atoms. The topological polar surface area (TPSA) is 88.3 Å². The van der Waals surface area contributed by atoms with Crippen LogP contribution in [0, 0.1) is 0 Å².